The molecule has 0 saturated carbocycles. The lowest BCUT2D eigenvalue weighted by molar-refractivity contribution is -0.137. The molecule has 1 aromatic carbocycles. The van der Waals surface area contributed by atoms with Gasteiger partial charge in [-0.05, 0) is 44.0 Å². The molecule has 12 heteroatoms. The highest BCUT2D eigenvalue weighted by molar-refractivity contribution is 7.89. The first-order valence-electron chi connectivity index (χ1n) is 8.81. The summed E-state index contributed by atoms with van der Waals surface area (Å²) in [6.07, 6.45) is -3.93. The maximum absolute atomic E-state index is 12.7. The summed E-state index contributed by atoms with van der Waals surface area (Å²) in [5.74, 6) is 0.111. The van der Waals surface area contributed by atoms with Gasteiger partial charge in [-0.2, -0.15) is 22.5 Å². The fourth-order valence-corrected chi connectivity index (χ4v) is 4.51. The zero-order valence-corrected chi connectivity index (χ0v) is 16.3. The third-order valence-corrected chi connectivity index (χ3v) is 6.54. The number of aromatic nitrogens is 2. The fraction of sp³-hybridized carbons (Fsp3) is 0.471. The molecule has 2 heterocycles. The van der Waals surface area contributed by atoms with E-state index in [0.29, 0.717) is 18.7 Å². The Morgan fingerprint density at radius 3 is 2.38 bits per heavy atom. The van der Waals surface area contributed by atoms with Crippen LogP contribution >= 0.6 is 0 Å². The molecule has 1 aromatic heterocycles. The van der Waals surface area contributed by atoms with Gasteiger partial charge in [-0.15, -0.1) is 0 Å². The van der Waals surface area contributed by atoms with E-state index in [9.17, 15) is 26.4 Å². The maximum atomic E-state index is 12.7. The fourth-order valence-electron chi connectivity index (χ4n) is 3.04. The van der Waals surface area contributed by atoms with E-state index in [4.69, 9.17) is 4.52 Å². The number of alkyl halides is 3. The van der Waals surface area contributed by atoms with E-state index in [1.54, 1.807) is 6.92 Å². The van der Waals surface area contributed by atoms with Crippen molar-refractivity contribution in [3.05, 3.63) is 41.5 Å². The van der Waals surface area contributed by atoms with Crippen molar-refractivity contribution in [2.45, 2.75) is 37.4 Å². The van der Waals surface area contributed by atoms with Crippen LogP contribution in [0, 0.1) is 12.8 Å². The molecule has 1 aliphatic heterocycles. The smallest absolute Gasteiger partial charge is 0.347 e. The van der Waals surface area contributed by atoms with E-state index in [2.05, 4.69) is 15.5 Å². The van der Waals surface area contributed by atoms with Crippen molar-refractivity contribution in [2.24, 2.45) is 5.92 Å². The lowest BCUT2D eigenvalue weighted by Gasteiger charge is -2.30. The largest absolute Gasteiger partial charge is 0.416 e. The average Bonchev–Trinajstić information content (AvgIpc) is 3.11. The van der Waals surface area contributed by atoms with Crippen molar-refractivity contribution < 1.29 is 30.9 Å². The molecule has 158 valence electrons. The minimum absolute atomic E-state index is 0.0870. The normalized spacial score (nSPS) is 16.7. The van der Waals surface area contributed by atoms with Crippen LogP contribution in [-0.4, -0.2) is 41.9 Å². The van der Waals surface area contributed by atoms with E-state index in [1.165, 1.54) is 4.31 Å². The summed E-state index contributed by atoms with van der Waals surface area (Å²) in [6, 6.07) is 3.38. The zero-order valence-electron chi connectivity index (χ0n) is 15.4. The monoisotopic (exact) mass is 432 g/mol. The van der Waals surface area contributed by atoms with Crippen molar-refractivity contribution in [1.29, 1.82) is 0 Å². The first-order chi connectivity index (χ1) is 13.6. The maximum Gasteiger partial charge on any atom is 0.416 e. The Balaban J connectivity index is 1.57. The number of hydrogen-bond donors (Lipinski definition) is 1. The van der Waals surface area contributed by atoms with E-state index >= 15 is 0 Å². The number of nitrogens with one attached hydrogen (secondary N) is 1. The summed E-state index contributed by atoms with van der Waals surface area (Å²) in [4.78, 5) is 16.0. The van der Waals surface area contributed by atoms with Gasteiger partial charge < -0.3 is 9.84 Å². The molecule has 1 aliphatic rings. The predicted molar refractivity (Wildman–Crippen MR) is 93.8 cm³/mol. The van der Waals surface area contributed by atoms with Gasteiger partial charge in [0, 0.05) is 19.0 Å². The Bertz CT molecular complexity index is 965. The number of benzene rings is 1. The molecule has 0 bridgehead atoms. The van der Waals surface area contributed by atoms with Crippen molar-refractivity contribution in [3.8, 4) is 0 Å². The molecule has 0 spiro atoms. The third-order valence-electron chi connectivity index (χ3n) is 4.63. The van der Waals surface area contributed by atoms with Crippen LogP contribution in [-0.2, 0) is 27.5 Å². The number of amides is 1. The third kappa shape index (κ3) is 4.93. The number of carbonyl (C=O) groups excluding carboxylic acids is 1. The quantitative estimate of drug-likeness (QED) is 0.776. The minimum Gasteiger partial charge on any atom is -0.347 e. The number of rotatable bonds is 5. The molecule has 0 aliphatic carbocycles. The standard InChI is InChI=1S/C17H19F3N4O4S/c1-11-22-15(28-23-11)10-21-16(25)12-6-8-24(9-7-12)29(26,27)14-4-2-13(3-5-14)17(18,19)20/h2-5,12H,6-10H2,1H3,(H,21,25). The highest BCUT2D eigenvalue weighted by Crippen LogP contribution is 2.31. The van der Waals surface area contributed by atoms with Gasteiger partial charge in [0.1, 0.15) is 0 Å². The van der Waals surface area contributed by atoms with Crippen molar-refractivity contribution in [1.82, 2.24) is 19.8 Å². The zero-order chi connectivity index (χ0) is 21.2. The van der Waals surface area contributed by atoms with Crippen LogP contribution in [0.25, 0.3) is 0 Å². The molecule has 1 amide bonds. The molecule has 0 unspecified atom stereocenters. The SMILES string of the molecule is Cc1noc(CNC(=O)C2CCN(S(=O)(=O)c3ccc(C(F)(F)F)cc3)CC2)n1. The molecule has 29 heavy (non-hydrogen) atoms. The molecule has 0 radical (unpaired) electrons. The summed E-state index contributed by atoms with van der Waals surface area (Å²) in [5.41, 5.74) is -0.914. The Labute approximate surface area is 165 Å². The summed E-state index contributed by atoms with van der Waals surface area (Å²) in [7, 11) is -3.92. The number of hydrogen-bond acceptors (Lipinski definition) is 6. The lowest BCUT2D eigenvalue weighted by atomic mass is 9.97. The van der Waals surface area contributed by atoms with E-state index < -0.39 is 21.8 Å². The van der Waals surface area contributed by atoms with Crippen LogP contribution in [0.3, 0.4) is 0 Å². The molecular formula is C17H19F3N4O4S. The molecule has 0 atom stereocenters. The van der Waals surface area contributed by atoms with Gasteiger partial charge in [0.15, 0.2) is 5.82 Å². The molecule has 1 saturated heterocycles. The van der Waals surface area contributed by atoms with Crippen LogP contribution in [0.5, 0.6) is 0 Å². The Hall–Kier alpha value is -2.47. The summed E-state index contributed by atoms with van der Waals surface area (Å²) in [5, 5.41) is 6.30. The van der Waals surface area contributed by atoms with Gasteiger partial charge in [-0.25, -0.2) is 8.42 Å². The first-order valence-corrected chi connectivity index (χ1v) is 10.3. The minimum atomic E-state index is -4.53. The number of nitrogens with zero attached hydrogens (tertiary/aromatic N) is 3. The molecular weight excluding hydrogens is 413 g/mol. The van der Waals surface area contributed by atoms with Crippen LogP contribution in [0.2, 0.25) is 0 Å². The summed E-state index contributed by atoms with van der Waals surface area (Å²) >= 11 is 0. The van der Waals surface area contributed by atoms with Gasteiger partial charge in [0.2, 0.25) is 21.8 Å². The lowest BCUT2D eigenvalue weighted by Crippen LogP contribution is -2.42. The molecule has 1 N–H and O–H groups in total. The van der Waals surface area contributed by atoms with E-state index in [1.807, 2.05) is 0 Å². The highest BCUT2D eigenvalue weighted by Gasteiger charge is 2.34. The molecule has 3 rings (SSSR count). The molecule has 2 aromatic rings. The van der Waals surface area contributed by atoms with Crippen molar-refractivity contribution >= 4 is 15.9 Å². The molecule has 1 fully saturated rings. The average molecular weight is 432 g/mol. The first kappa shape index (κ1) is 21.2. The second kappa shape index (κ2) is 8.11. The van der Waals surface area contributed by atoms with Crippen LogP contribution in [0.4, 0.5) is 13.2 Å². The number of halogens is 3. The van der Waals surface area contributed by atoms with Gasteiger partial charge in [0.25, 0.3) is 0 Å². The topological polar surface area (TPSA) is 105 Å². The molecule has 8 nitrogen and oxygen atoms in total. The van der Waals surface area contributed by atoms with Gasteiger partial charge >= 0.3 is 6.18 Å². The van der Waals surface area contributed by atoms with Gasteiger partial charge in [-0.1, -0.05) is 5.16 Å². The Kier molecular flexibility index (Phi) is 5.94. The van der Waals surface area contributed by atoms with Crippen LogP contribution < -0.4 is 5.32 Å². The summed E-state index contributed by atoms with van der Waals surface area (Å²) < 4.78 is 69.4. The summed E-state index contributed by atoms with van der Waals surface area (Å²) in [6.45, 7) is 1.94. The van der Waals surface area contributed by atoms with Crippen molar-refractivity contribution in [2.75, 3.05) is 13.1 Å². The van der Waals surface area contributed by atoms with E-state index in [0.717, 1.165) is 24.3 Å². The van der Waals surface area contributed by atoms with Crippen LogP contribution in [0.1, 0.15) is 30.1 Å². The number of aryl methyl sites for hydroxylation is 1. The Morgan fingerprint density at radius 2 is 1.86 bits per heavy atom. The van der Waals surface area contributed by atoms with Gasteiger partial charge in [0.05, 0.1) is 17.0 Å². The van der Waals surface area contributed by atoms with E-state index in [-0.39, 0.29) is 42.2 Å². The number of piperidine rings is 1. The van der Waals surface area contributed by atoms with Crippen molar-refractivity contribution in [3.63, 3.8) is 0 Å². The predicted octanol–water partition coefficient (Wildman–Crippen LogP) is 2.11. The van der Waals surface area contributed by atoms with Gasteiger partial charge in [-0.3, -0.25) is 4.79 Å². The Morgan fingerprint density at radius 1 is 1.24 bits per heavy atom. The second-order valence-corrected chi connectivity index (χ2v) is 8.59. The highest BCUT2D eigenvalue weighted by atomic mass is 32.2. The van der Waals surface area contributed by atoms with Crippen LogP contribution in [0.15, 0.2) is 33.7 Å². The number of sulfonamides is 1. The number of carbonyl (C=O) groups is 1. The second-order valence-electron chi connectivity index (χ2n) is 6.65.